The van der Waals surface area contributed by atoms with Crippen molar-refractivity contribution in [3.8, 4) is 11.1 Å². The Balaban J connectivity index is 1.96. The molecule has 0 fully saturated rings. The first kappa shape index (κ1) is 15.0. The van der Waals surface area contributed by atoms with Crippen molar-refractivity contribution >= 4 is 11.6 Å². The number of benzene rings is 3. The Labute approximate surface area is 136 Å². The number of aryl methyl sites for hydroxylation is 2. The molecule has 23 heavy (non-hydrogen) atoms. The Morgan fingerprint density at radius 2 is 1.52 bits per heavy atom. The smallest absolute Gasteiger partial charge is 0.256 e. The summed E-state index contributed by atoms with van der Waals surface area (Å²) in [7, 11) is 0. The van der Waals surface area contributed by atoms with Crippen LogP contribution in [0.25, 0.3) is 11.1 Å². The molecule has 0 heterocycles. The average Bonchev–Trinajstić information content (AvgIpc) is 2.59. The molecule has 2 nitrogen and oxygen atoms in total. The largest absolute Gasteiger partial charge is 0.322 e. The Hall–Kier alpha value is -2.87. The Kier molecular flexibility index (Phi) is 4.24. The highest BCUT2D eigenvalue weighted by Gasteiger charge is 2.13. The molecule has 1 amide bonds. The maximum atomic E-state index is 12.8. The van der Waals surface area contributed by atoms with Crippen molar-refractivity contribution in [2.24, 2.45) is 0 Å². The normalized spacial score (nSPS) is 10.3. The third kappa shape index (κ3) is 3.32. The number of carbonyl (C=O) groups excluding carboxylic acids is 1. The zero-order valence-corrected chi connectivity index (χ0v) is 13.3. The van der Waals surface area contributed by atoms with Crippen LogP contribution in [-0.4, -0.2) is 5.91 Å². The number of nitrogens with one attached hydrogen (secondary N) is 1. The van der Waals surface area contributed by atoms with Gasteiger partial charge < -0.3 is 5.32 Å². The fraction of sp³-hybridized carbons (Fsp3) is 0.0952. The maximum Gasteiger partial charge on any atom is 0.256 e. The standard InChI is InChI=1S/C21H19NO/c1-15-12-13-16(2)20(14-15)22-21(23)19-11-7-6-10-18(19)17-8-4-3-5-9-17/h3-14H,1-2H3,(H,22,23). The lowest BCUT2D eigenvalue weighted by Gasteiger charge is -2.12. The van der Waals surface area contributed by atoms with Crippen molar-refractivity contribution in [2.75, 3.05) is 5.32 Å². The van der Waals surface area contributed by atoms with Crippen LogP contribution in [-0.2, 0) is 0 Å². The topological polar surface area (TPSA) is 29.1 Å². The van der Waals surface area contributed by atoms with Crippen LogP contribution < -0.4 is 5.32 Å². The molecule has 3 aromatic carbocycles. The average molecular weight is 301 g/mol. The Morgan fingerprint density at radius 3 is 2.30 bits per heavy atom. The molecule has 0 aromatic heterocycles. The van der Waals surface area contributed by atoms with E-state index in [1.165, 1.54) is 0 Å². The molecule has 114 valence electrons. The van der Waals surface area contributed by atoms with Gasteiger partial charge >= 0.3 is 0 Å². The molecule has 0 unspecified atom stereocenters. The fourth-order valence-electron chi connectivity index (χ4n) is 2.61. The van der Waals surface area contributed by atoms with Crippen LogP contribution >= 0.6 is 0 Å². The fourth-order valence-corrected chi connectivity index (χ4v) is 2.61. The molecular formula is C21H19NO. The van der Waals surface area contributed by atoms with E-state index in [-0.39, 0.29) is 5.91 Å². The maximum absolute atomic E-state index is 12.8. The van der Waals surface area contributed by atoms with Crippen LogP contribution in [0.2, 0.25) is 0 Å². The molecule has 0 bridgehead atoms. The molecule has 0 spiro atoms. The first-order chi connectivity index (χ1) is 11.1. The molecule has 3 rings (SSSR count). The van der Waals surface area contributed by atoms with Gasteiger partial charge in [-0.3, -0.25) is 4.79 Å². The van der Waals surface area contributed by atoms with Crippen LogP contribution in [0.4, 0.5) is 5.69 Å². The Bertz CT molecular complexity index is 837. The summed E-state index contributed by atoms with van der Waals surface area (Å²) in [5.74, 6) is -0.0850. The molecule has 0 saturated carbocycles. The van der Waals surface area contributed by atoms with E-state index in [1.807, 2.05) is 86.6 Å². The lowest BCUT2D eigenvalue weighted by molar-refractivity contribution is 0.102. The highest BCUT2D eigenvalue weighted by atomic mass is 16.1. The van der Waals surface area contributed by atoms with Crippen molar-refractivity contribution in [1.29, 1.82) is 0 Å². The second kappa shape index (κ2) is 6.49. The zero-order valence-electron chi connectivity index (χ0n) is 13.3. The van der Waals surface area contributed by atoms with E-state index in [2.05, 4.69) is 5.32 Å². The van der Waals surface area contributed by atoms with Gasteiger partial charge in [0.25, 0.3) is 5.91 Å². The van der Waals surface area contributed by atoms with E-state index in [1.54, 1.807) is 0 Å². The summed E-state index contributed by atoms with van der Waals surface area (Å²) in [5, 5.41) is 3.04. The van der Waals surface area contributed by atoms with Crippen LogP contribution in [0.3, 0.4) is 0 Å². The highest BCUT2D eigenvalue weighted by Crippen LogP contribution is 2.25. The zero-order chi connectivity index (χ0) is 16.2. The summed E-state index contributed by atoms with van der Waals surface area (Å²) < 4.78 is 0. The van der Waals surface area contributed by atoms with Gasteiger partial charge in [-0.2, -0.15) is 0 Å². The van der Waals surface area contributed by atoms with Gasteiger partial charge in [0.1, 0.15) is 0 Å². The summed E-state index contributed by atoms with van der Waals surface area (Å²) in [6.07, 6.45) is 0. The van der Waals surface area contributed by atoms with Gasteiger partial charge in [-0.25, -0.2) is 0 Å². The predicted molar refractivity (Wildman–Crippen MR) is 95.7 cm³/mol. The second-order valence-electron chi connectivity index (χ2n) is 5.68. The van der Waals surface area contributed by atoms with Gasteiger partial charge in [-0.1, -0.05) is 60.7 Å². The van der Waals surface area contributed by atoms with Crippen molar-refractivity contribution in [3.05, 3.63) is 89.5 Å². The van der Waals surface area contributed by atoms with E-state index in [0.717, 1.165) is 27.9 Å². The number of amides is 1. The molecule has 2 heteroatoms. The van der Waals surface area contributed by atoms with E-state index in [4.69, 9.17) is 0 Å². The quantitative estimate of drug-likeness (QED) is 0.705. The Morgan fingerprint density at radius 1 is 0.826 bits per heavy atom. The minimum atomic E-state index is -0.0850. The van der Waals surface area contributed by atoms with E-state index < -0.39 is 0 Å². The molecule has 0 radical (unpaired) electrons. The van der Waals surface area contributed by atoms with Crippen LogP contribution in [0.5, 0.6) is 0 Å². The van der Waals surface area contributed by atoms with Gasteiger partial charge in [0.2, 0.25) is 0 Å². The van der Waals surface area contributed by atoms with Crippen LogP contribution in [0.15, 0.2) is 72.8 Å². The molecule has 3 aromatic rings. The van der Waals surface area contributed by atoms with Gasteiger partial charge in [0.05, 0.1) is 0 Å². The van der Waals surface area contributed by atoms with Crippen molar-refractivity contribution in [2.45, 2.75) is 13.8 Å². The van der Waals surface area contributed by atoms with Gasteiger partial charge in [0, 0.05) is 11.3 Å². The number of rotatable bonds is 3. The van der Waals surface area contributed by atoms with Gasteiger partial charge in [-0.15, -0.1) is 0 Å². The minimum Gasteiger partial charge on any atom is -0.322 e. The molecule has 1 N–H and O–H groups in total. The number of carbonyl (C=O) groups is 1. The van der Waals surface area contributed by atoms with E-state index in [0.29, 0.717) is 5.56 Å². The minimum absolute atomic E-state index is 0.0850. The monoisotopic (exact) mass is 301 g/mol. The van der Waals surface area contributed by atoms with Crippen molar-refractivity contribution in [1.82, 2.24) is 0 Å². The molecule has 0 aliphatic heterocycles. The van der Waals surface area contributed by atoms with Crippen molar-refractivity contribution < 1.29 is 4.79 Å². The first-order valence-corrected chi connectivity index (χ1v) is 7.68. The summed E-state index contributed by atoms with van der Waals surface area (Å²) in [4.78, 5) is 12.8. The molecule has 0 atom stereocenters. The number of hydrogen-bond donors (Lipinski definition) is 1. The molecule has 0 saturated heterocycles. The second-order valence-corrected chi connectivity index (χ2v) is 5.68. The summed E-state index contributed by atoms with van der Waals surface area (Å²) in [5.41, 5.74) is 5.70. The third-order valence-electron chi connectivity index (χ3n) is 3.90. The van der Waals surface area contributed by atoms with Gasteiger partial charge in [-0.05, 0) is 48.2 Å². The van der Waals surface area contributed by atoms with Crippen LogP contribution in [0, 0.1) is 13.8 Å². The molecule has 0 aliphatic carbocycles. The summed E-state index contributed by atoms with van der Waals surface area (Å²) >= 11 is 0. The summed E-state index contributed by atoms with van der Waals surface area (Å²) in [6.45, 7) is 4.02. The first-order valence-electron chi connectivity index (χ1n) is 7.68. The SMILES string of the molecule is Cc1ccc(C)c(NC(=O)c2ccccc2-c2ccccc2)c1. The van der Waals surface area contributed by atoms with Gasteiger partial charge in [0.15, 0.2) is 0 Å². The molecule has 0 aliphatic rings. The van der Waals surface area contributed by atoms with Crippen LogP contribution in [0.1, 0.15) is 21.5 Å². The van der Waals surface area contributed by atoms with E-state index in [9.17, 15) is 4.79 Å². The molecular weight excluding hydrogens is 282 g/mol. The lowest BCUT2D eigenvalue weighted by atomic mass is 9.99. The van der Waals surface area contributed by atoms with E-state index >= 15 is 0 Å². The highest BCUT2D eigenvalue weighted by molar-refractivity contribution is 6.09. The summed E-state index contributed by atoms with van der Waals surface area (Å²) in [6, 6.07) is 23.7. The predicted octanol–water partition coefficient (Wildman–Crippen LogP) is 5.22. The lowest BCUT2D eigenvalue weighted by Crippen LogP contribution is -2.14. The third-order valence-corrected chi connectivity index (χ3v) is 3.90. The number of anilines is 1. The van der Waals surface area contributed by atoms with Crippen molar-refractivity contribution in [3.63, 3.8) is 0 Å². The number of hydrogen-bond acceptors (Lipinski definition) is 1.